The molecule has 3 rings (SSSR count). The van der Waals surface area contributed by atoms with Gasteiger partial charge in [-0.25, -0.2) is 9.59 Å². The molecule has 1 heterocycles. The van der Waals surface area contributed by atoms with Crippen LogP contribution in [-0.4, -0.2) is 105 Å². The van der Waals surface area contributed by atoms with Crippen molar-refractivity contribution in [1.82, 2.24) is 20.9 Å². The fraction of sp³-hybridized carbons (Fsp3) is 0.389. The van der Waals surface area contributed by atoms with Crippen LogP contribution in [0.1, 0.15) is 46.5 Å². The summed E-state index contributed by atoms with van der Waals surface area (Å²) < 4.78 is 5.03. The van der Waals surface area contributed by atoms with Crippen LogP contribution in [0.2, 0.25) is 0 Å². The van der Waals surface area contributed by atoms with E-state index in [4.69, 9.17) is 4.74 Å². The second-order valence-electron chi connectivity index (χ2n) is 13.4. The number of aliphatic carboxylic acids is 2. The van der Waals surface area contributed by atoms with Gasteiger partial charge in [-0.05, 0) is 94.6 Å². The molecular formula is C36H44N8O12. The monoisotopic (exact) mass is 780 g/mol. The first kappa shape index (κ1) is 43.7. The van der Waals surface area contributed by atoms with Gasteiger partial charge in [-0.2, -0.15) is 10.2 Å². The van der Waals surface area contributed by atoms with E-state index in [2.05, 4.69) is 36.8 Å². The lowest BCUT2D eigenvalue weighted by Crippen LogP contribution is -2.45. The Balaban J connectivity index is 1.33. The predicted octanol–water partition coefficient (Wildman–Crippen LogP) is 2.17. The summed E-state index contributed by atoms with van der Waals surface area (Å²) in [6, 6.07) is 11.2. The molecule has 0 saturated carbocycles. The van der Waals surface area contributed by atoms with Gasteiger partial charge >= 0.3 is 18.0 Å². The van der Waals surface area contributed by atoms with E-state index in [0.29, 0.717) is 22.7 Å². The lowest BCUT2D eigenvalue weighted by Gasteiger charge is -2.23. The van der Waals surface area contributed by atoms with E-state index in [1.807, 2.05) is 0 Å². The van der Waals surface area contributed by atoms with Crippen molar-refractivity contribution < 1.29 is 58.4 Å². The van der Waals surface area contributed by atoms with Gasteiger partial charge < -0.3 is 51.5 Å². The number of nitrogens with zero attached hydrogens (tertiary/aromatic N) is 3. The van der Waals surface area contributed by atoms with E-state index in [1.54, 1.807) is 69.3 Å². The lowest BCUT2D eigenvalue weighted by atomic mass is 9.94. The van der Waals surface area contributed by atoms with E-state index in [9.17, 15) is 53.7 Å². The van der Waals surface area contributed by atoms with Crippen LogP contribution in [0, 0.1) is 5.92 Å². The molecule has 0 aliphatic carbocycles. The summed E-state index contributed by atoms with van der Waals surface area (Å²) in [5.74, 6) is -6.66. The number of hydrogen-bond donors (Lipinski definition) is 8. The summed E-state index contributed by atoms with van der Waals surface area (Å²) in [4.78, 5) is 96.9. The summed E-state index contributed by atoms with van der Waals surface area (Å²) in [6.07, 6.45) is -0.305. The highest BCUT2D eigenvalue weighted by atomic mass is 16.6. The molecule has 0 fully saturated rings. The molecule has 20 heteroatoms. The normalized spacial score (nSPS) is 14.8. The van der Waals surface area contributed by atoms with Crippen LogP contribution in [-0.2, 0) is 38.3 Å². The minimum atomic E-state index is -1.53. The van der Waals surface area contributed by atoms with Gasteiger partial charge in [-0.3, -0.25) is 28.8 Å². The zero-order chi connectivity index (χ0) is 41.4. The number of benzene rings is 2. The molecule has 2 unspecified atom stereocenters. The van der Waals surface area contributed by atoms with Crippen LogP contribution in [0.4, 0.5) is 27.5 Å². The first-order chi connectivity index (χ1) is 26.4. The number of aliphatic hydroxyl groups excluding tert-OH is 1. The Kier molecular flexibility index (Phi) is 16.1. The van der Waals surface area contributed by atoms with Crippen molar-refractivity contribution in [3.8, 4) is 0 Å². The van der Waals surface area contributed by atoms with Crippen LogP contribution >= 0.6 is 0 Å². The van der Waals surface area contributed by atoms with Crippen molar-refractivity contribution in [3.63, 3.8) is 0 Å². The van der Waals surface area contributed by atoms with E-state index in [0.717, 1.165) is 4.90 Å². The topological polar surface area (TPSA) is 295 Å². The highest BCUT2D eigenvalue weighted by molar-refractivity contribution is 5.98. The molecule has 6 amide bonds. The molecular weight excluding hydrogens is 736 g/mol. The van der Waals surface area contributed by atoms with Crippen molar-refractivity contribution in [2.24, 2.45) is 16.1 Å². The number of aliphatic hydroxyl groups is 1. The average Bonchev–Trinajstić information content (AvgIpc) is 3.43. The Hall–Kier alpha value is -6.70. The van der Waals surface area contributed by atoms with E-state index in [1.165, 1.54) is 12.2 Å². The van der Waals surface area contributed by atoms with Crippen molar-refractivity contribution in [2.75, 3.05) is 30.3 Å². The van der Waals surface area contributed by atoms with Crippen LogP contribution in [0.3, 0.4) is 0 Å². The number of rotatable bonds is 19. The molecule has 2 aromatic rings. The maximum atomic E-state index is 12.3. The molecule has 300 valence electrons. The zero-order valence-electron chi connectivity index (χ0n) is 30.8. The number of anilines is 2. The van der Waals surface area contributed by atoms with Crippen LogP contribution in [0.5, 0.6) is 0 Å². The number of carbonyl (C=O) groups excluding carboxylic acids is 6. The number of ether oxygens (including phenoxy) is 1. The van der Waals surface area contributed by atoms with Gasteiger partial charge in [0, 0.05) is 23.9 Å². The summed E-state index contributed by atoms with van der Waals surface area (Å²) in [5.41, 5.74) is 0.906. The van der Waals surface area contributed by atoms with Gasteiger partial charge in [0.25, 0.3) is 0 Å². The Morgan fingerprint density at radius 3 is 1.82 bits per heavy atom. The van der Waals surface area contributed by atoms with Gasteiger partial charge in [0.15, 0.2) is 0 Å². The van der Waals surface area contributed by atoms with E-state index >= 15 is 0 Å². The third-order valence-corrected chi connectivity index (χ3v) is 7.62. The summed E-state index contributed by atoms with van der Waals surface area (Å²) in [6.45, 7) is 3.59. The number of nitrogens with one attached hydrogen (secondary N) is 5. The first-order valence-corrected chi connectivity index (χ1v) is 17.3. The Morgan fingerprint density at radius 2 is 1.32 bits per heavy atom. The second kappa shape index (κ2) is 20.7. The molecule has 0 radical (unpaired) electrons. The van der Waals surface area contributed by atoms with Crippen molar-refractivity contribution >= 4 is 70.3 Å². The van der Waals surface area contributed by atoms with Crippen LogP contribution < -0.4 is 26.6 Å². The number of azo groups is 1. The number of hydrogen-bond acceptors (Lipinski definition) is 12. The fourth-order valence-electron chi connectivity index (χ4n) is 4.88. The molecule has 56 heavy (non-hydrogen) atoms. The van der Waals surface area contributed by atoms with E-state index < -0.39 is 90.9 Å². The molecule has 2 aromatic carbocycles. The maximum Gasteiger partial charge on any atom is 0.408 e. The second-order valence-corrected chi connectivity index (χ2v) is 13.4. The Morgan fingerprint density at radius 1 is 0.786 bits per heavy atom. The third kappa shape index (κ3) is 15.7. The van der Waals surface area contributed by atoms with E-state index in [-0.39, 0.29) is 25.8 Å². The minimum Gasteiger partial charge on any atom is -0.481 e. The number of carbonyl (C=O) groups is 8. The smallest absolute Gasteiger partial charge is 0.408 e. The molecule has 1 aliphatic rings. The lowest BCUT2D eigenvalue weighted by molar-refractivity contribution is -0.144. The molecule has 8 N–H and O–H groups in total. The van der Waals surface area contributed by atoms with Gasteiger partial charge in [-0.1, -0.05) is 0 Å². The quantitative estimate of drug-likeness (QED) is 0.0952. The zero-order valence-corrected chi connectivity index (χ0v) is 30.8. The molecule has 0 spiro atoms. The van der Waals surface area contributed by atoms with Gasteiger partial charge in [0.1, 0.15) is 24.4 Å². The van der Waals surface area contributed by atoms with Gasteiger partial charge in [0.05, 0.1) is 30.4 Å². The average molecular weight is 781 g/mol. The summed E-state index contributed by atoms with van der Waals surface area (Å²) in [7, 11) is 0. The summed E-state index contributed by atoms with van der Waals surface area (Å²) >= 11 is 0. The number of alkyl carbamates (subject to hydrolysis) is 1. The minimum absolute atomic E-state index is 0.0521. The number of carboxylic acids is 2. The standard InChI is InChI=1S/C36H44N8O12/c1-36(2,3)56-35(55)41-26(34(53)54)17-21(33(51)52)5-4-6-27(45)37-18-28(46)38-19-29(47)39-22-7-11-24(12-8-22)42-43-25-13-9-23(10-14-25)40-30(48)20-44-31(49)15-16-32(44)50/h7-16,21,26,31,49H,4-6,17-20H2,1-3H3,(H,37,45)(H,38,46)(H,39,47)(H,40,48)(H,41,55)(H,51,52)(H,53,54)/b43-42+/t21?,26-,31?/m0/s1. The van der Waals surface area contributed by atoms with Gasteiger partial charge in [-0.15, -0.1) is 0 Å². The van der Waals surface area contributed by atoms with Crippen LogP contribution in [0.25, 0.3) is 0 Å². The molecule has 0 aromatic heterocycles. The number of carboxylic acid groups (broad SMARTS) is 2. The van der Waals surface area contributed by atoms with Gasteiger partial charge in [0.2, 0.25) is 29.5 Å². The van der Waals surface area contributed by atoms with Crippen LogP contribution in [0.15, 0.2) is 70.9 Å². The molecule has 1 aliphatic heterocycles. The Labute approximate surface area is 320 Å². The highest BCUT2D eigenvalue weighted by Crippen LogP contribution is 2.22. The number of amides is 6. The molecule has 3 atom stereocenters. The highest BCUT2D eigenvalue weighted by Gasteiger charge is 2.30. The molecule has 20 nitrogen and oxygen atoms in total. The largest absolute Gasteiger partial charge is 0.481 e. The molecule has 0 saturated heterocycles. The molecule has 0 bridgehead atoms. The Bertz CT molecular complexity index is 1820. The SMILES string of the molecule is CC(C)(C)OC(=O)N[C@@H](CC(CCCC(=O)NCC(=O)NCC(=O)Nc1ccc(/N=N/c2ccc(NC(=O)CN3C(=O)C=CC3O)cc2)cc1)C(=O)O)C(=O)O. The first-order valence-electron chi connectivity index (χ1n) is 17.3. The van der Waals surface area contributed by atoms with Crippen molar-refractivity contribution in [1.29, 1.82) is 0 Å². The fourth-order valence-corrected chi connectivity index (χ4v) is 4.88. The third-order valence-electron chi connectivity index (χ3n) is 7.62. The predicted molar refractivity (Wildman–Crippen MR) is 198 cm³/mol. The maximum absolute atomic E-state index is 12.3. The van der Waals surface area contributed by atoms with Crippen molar-refractivity contribution in [2.45, 2.75) is 64.3 Å². The van der Waals surface area contributed by atoms with Crippen molar-refractivity contribution in [3.05, 3.63) is 60.7 Å². The summed E-state index contributed by atoms with van der Waals surface area (Å²) in [5, 5.41) is 49.1.